The topological polar surface area (TPSA) is 69.5 Å². The van der Waals surface area contributed by atoms with Gasteiger partial charge in [0.25, 0.3) is 5.56 Å². The molecule has 3 aromatic heterocycles. The molecule has 1 saturated heterocycles. The number of pyridine rings is 1. The minimum absolute atomic E-state index is 0.182. The predicted octanol–water partition coefficient (Wildman–Crippen LogP) is 1.08. The number of likely N-dealkylation sites (N-methyl/N-ethyl adjacent to an activating group) is 1. The number of fused-ring (bicyclic) bond motifs is 3. The summed E-state index contributed by atoms with van der Waals surface area (Å²) in [6.07, 6.45) is 1.89. The van der Waals surface area contributed by atoms with Gasteiger partial charge in [0.1, 0.15) is 11.5 Å². The predicted molar refractivity (Wildman–Crippen MR) is 91.6 cm³/mol. The molecular weight excluding hydrogens is 360 g/mol. The van der Waals surface area contributed by atoms with Crippen molar-refractivity contribution in [2.75, 3.05) is 33.2 Å². The van der Waals surface area contributed by atoms with Gasteiger partial charge in [-0.2, -0.15) is 0 Å². The van der Waals surface area contributed by atoms with Crippen LogP contribution in [0.15, 0.2) is 27.6 Å². The highest BCUT2D eigenvalue weighted by Crippen LogP contribution is 2.16. The van der Waals surface area contributed by atoms with E-state index in [-0.39, 0.29) is 5.56 Å². The van der Waals surface area contributed by atoms with Crippen molar-refractivity contribution in [3.8, 4) is 0 Å². The van der Waals surface area contributed by atoms with E-state index in [4.69, 9.17) is 0 Å². The number of imidazole rings is 1. The molecule has 23 heavy (non-hydrogen) atoms. The van der Waals surface area contributed by atoms with E-state index in [1.165, 1.54) is 0 Å². The number of nitrogens with one attached hydrogen (secondary N) is 1. The maximum absolute atomic E-state index is 12.3. The largest absolute Gasteiger partial charge is 0.307 e. The molecule has 1 aliphatic heterocycles. The minimum atomic E-state index is -0.182. The first-order chi connectivity index (χ1) is 11.1. The highest BCUT2D eigenvalue weighted by atomic mass is 79.9. The van der Waals surface area contributed by atoms with Gasteiger partial charge in [0.05, 0.1) is 6.54 Å². The van der Waals surface area contributed by atoms with Crippen LogP contribution < -0.4 is 5.56 Å². The highest BCUT2D eigenvalue weighted by molar-refractivity contribution is 9.10. The van der Waals surface area contributed by atoms with Gasteiger partial charge in [0, 0.05) is 36.8 Å². The van der Waals surface area contributed by atoms with Crippen molar-refractivity contribution in [2.24, 2.45) is 0 Å². The van der Waals surface area contributed by atoms with Crippen LogP contribution in [0.2, 0.25) is 0 Å². The lowest BCUT2D eigenvalue weighted by Crippen LogP contribution is -2.44. The summed E-state index contributed by atoms with van der Waals surface area (Å²) < 4.78 is 2.77. The smallest absolute Gasteiger partial charge is 0.279 e. The zero-order chi connectivity index (χ0) is 16.0. The molecule has 0 radical (unpaired) electrons. The molecule has 0 amide bonds. The van der Waals surface area contributed by atoms with Crippen molar-refractivity contribution in [1.29, 1.82) is 0 Å². The number of hydrogen-bond donors (Lipinski definition) is 1. The molecule has 0 unspecified atom stereocenters. The second-order valence-corrected chi connectivity index (χ2v) is 6.87. The maximum atomic E-state index is 12.3. The second kappa shape index (κ2) is 5.70. The summed E-state index contributed by atoms with van der Waals surface area (Å²) >= 11 is 3.45. The van der Waals surface area contributed by atoms with Crippen LogP contribution in [-0.4, -0.2) is 62.4 Å². The Kier molecular flexibility index (Phi) is 3.67. The SMILES string of the molecule is CN1CCN(Cc2nc3c(nc4ccc(Br)cn43)c(=O)[nH]2)CC1. The summed E-state index contributed by atoms with van der Waals surface area (Å²) in [4.78, 5) is 28.8. The quantitative estimate of drug-likeness (QED) is 0.724. The maximum Gasteiger partial charge on any atom is 0.279 e. The first kappa shape index (κ1) is 14.8. The van der Waals surface area contributed by atoms with Gasteiger partial charge in [-0.3, -0.25) is 14.1 Å². The van der Waals surface area contributed by atoms with E-state index in [0.717, 1.165) is 36.3 Å². The number of nitrogens with zero attached hydrogens (tertiary/aromatic N) is 5. The minimum Gasteiger partial charge on any atom is -0.307 e. The Morgan fingerprint density at radius 2 is 2.00 bits per heavy atom. The monoisotopic (exact) mass is 376 g/mol. The van der Waals surface area contributed by atoms with Crippen molar-refractivity contribution in [3.63, 3.8) is 0 Å². The van der Waals surface area contributed by atoms with Crippen molar-refractivity contribution in [2.45, 2.75) is 6.54 Å². The molecule has 0 atom stereocenters. The van der Waals surface area contributed by atoms with Crippen molar-refractivity contribution in [1.82, 2.24) is 29.2 Å². The van der Waals surface area contributed by atoms with Gasteiger partial charge in [-0.25, -0.2) is 9.97 Å². The summed E-state index contributed by atoms with van der Waals surface area (Å²) in [7, 11) is 2.12. The fourth-order valence-corrected chi connectivity index (χ4v) is 3.24. The summed E-state index contributed by atoms with van der Waals surface area (Å²) in [5.74, 6) is 0.689. The van der Waals surface area contributed by atoms with E-state index in [2.05, 4.69) is 47.7 Å². The Morgan fingerprint density at radius 1 is 1.22 bits per heavy atom. The van der Waals surface area contributed by atoms with E-state index in [9.17, 15) is 4.79 Å². The Labute approximate surface area is 141 Å². The average molecular weight is 377 g/mol. The van der Waals surface area contributed by atoms with E-state index in [1.54, 1.807) is 0 Å². The Hall–Kier alpha value is -1.77. The normalized spacial score (nSPS) is 17.3. The summed E-state index contributed by atoms with van der Waals surface area (Å²) in [5, 5.41) is 0. The number of piperazine rings is 1. The molecule has 4 heterocycles. The van der Waals surface area contributed by atoms with Gasteiger partial charge in [-0.15, -0.1) is 0 Å². The first-order valence-electron chi connectivity index (χ1n) is 7.57. The van der Waals surface area contributed by atoms with E-state index < -0.39 is 0 Å². The number of aromatic nitrogens is 4. The Morgan fingerprint density at radius 3 is 2.78 bits per heavy atom. The third-order valence-corrected chi connectivity index (χ3v) is 4.71. The first-order valence-corrected chi connectivity index (χ1v) is 8.37. The Balaban J connectivity index is 1.75. The van der Waals surface area contributed by atoms with Gasteiger partial charge < -0.3 is 9.88 Å². The van der Waals surface area contributed by atoms with Crippen LogP contribution in [-0.2, 0) is 6.54 Å². The van der Waals surface area contributed by atoms with Crippen molar-refractivity contribution >= 4 is 32.7 Å². The fraction of sp³-hybridized carbons (Fsp3) is 0.400. The molecule has 4 rings (SSSR count). The van der Waals surface area contributed by atoms with Gasteiger partial charge >= 0.3 is 0 Å². The summed E-state index contributed by atoms with van der Waals surface area (Å²) in [5.41, 5.74) is 1.52. The van der Waals surface area contributed by atoms with E-state index in [1.807, 2.05) is 22.7 Å². The average Bonchev–Trinajstić information content (AvgIpc) is 2.88. The molecular formula is C15H17BrN6O. The molecule has 0 bridgehead atoms. The third-order valence-electron chi connectivity index (χ3n) is 4.24. The van der Waals surface area contributed by atoms with Gasteiger partial charge in [0.15, 0.2) is 11.2 Å². The van der Waals surface area contributed by atoms with Crippen LogP contribution in [0.25, 0.3) is 16.8 Å². The summed E-state index contributed by atoms with van der Waals surface area (Å²) in [6.45, 7) is 4.69. The van der Waals surface area contributed by atoms with Gasteiger partial charge in [-0.05, 0) is 35.1 Å². The molecule has 1 fully saturated rings. The number of aromatic amines is 1. The lowest BCUT2D eigenvalue weighted by molar-refractivity contribution is 0.145. The van der Waals surface area contributed by atoms with E-state index >= 15 is 0 Å². The third kappa shape index (κ3) is 2.77. The van der Waals surface area contributed by atoms with Crippen molar-refractivity contribution in [3.05, 3.63) is 39.0 Å². The van der Waals surface area contributed by atoms with Crippen LogP contribution in [0.5, 0.6) is 0 Å². The molecule has 7 nitrogen and oxygen atoms in total. The lowest BCUT2D eigenvalue weighted by Gasteiger charge is -2.31. The standard InChI is InChI=1S/C15H17BrN6O/c1-20-4-6-21(7-5-20)9-11-17-14-13(15(23)18-11)19-12-3-2-10(16)8-22(12)14/h2-3,8H,4-7,9H2,1H3,(H,17,18,23). The molecule has 0 aliphatic carbocycles. The van der Waals surface area contributed by atoms with Crippen LogP contribution >= 0.6 is 15.9 Å². The molecule has 3 aromatic rings. The molecule has 1 N–H and O–H groups in total. The van der Waals surface area contributed by atoms with Gasteiger partial charge in [0.2, 0.25) is 0 Å². The molecule has 120 valence electrons. The van der Waals surface area contributed by atoms with Gasteiger partial charge in [-0.1, -0.05) is 0 Å². The number of hydrogen-bond acceptors (Lipinski definition) is 5. The van der Waals surface area contributed by atoms with Crippen molar-refractivity contribution < 1.29 is 0 Å². The van der Waals surface area contributed by atoms with E-state index in [0.29, 0.717) is 23.5 Å². The number of halogens is 1. The van der Waals surface area contributed by atoms with Crippen LogP contribution in [0.1, 0.15) is 5.82 Å². The Bertz CT molecular complexity index is 925. The highest BCUT2D eigenvalue weighted by Gasteiger charge is 2.17. The zero-order valence-electron chi connectivity index (χ0n) is 12.8. The fourth-order valence-electron chi connectivity index (χ4n) is 2.90. The molecule has 0 spiro atoms. The lowest BCUT2D eigenvalue weighted by atomic mass is 10.3. The van der Waals surface area contributed by atoms with Crippen LogP contribution in [0.3, 0.4) is 0 Å². The number of rotatable bonds is 2. The van der Waals surface area contributed by atoms with Crippen LogP contribution in [0, 0.1) is 0 Å². The zero-order valence-corrected chi connectivity index (χ0v) is 14.4. The van der Waals surface area contributed by atoms with Crippen LogP contribution in [0.4, 0.5) is 0 Å². The summed E-state index contributed by atoms with van der Waals surface area (Å²) in [6, 6.07) is 3.77. The second-order valence-electron chi connectivity index (χ2n) is 5.95. The molecule has 8 heteroatoms. The molecule has 1 aliphatic rings. The molecule has 0 saturated carbocycles. The molecule has 0 aromatic carbocycles. The number of H-pyrrole nitrogens is 1.